The highest BCUT2D eigenvalue weighted by molar-refractivity contribution is 7.11. The first-order chi connectivity index (χ1) is 7.35. The molecule has 15 heavy (non-hydrogen) atoms. The zero-order valence-electron chi connectivity index (χ0n) is 8.79. The fourth-order valence-corrected chi connectivity index (χ4v) is 4.45. The summed E-state index contributed by atoms with van der Waals surface area (Å²) in [6, 6.07) is 0. The third kappa shape index (κ3) is 1.94. The highest BCUT2D eigenvalue weighted by atomic mass is 35.5. The standard InChI is InChI=1S/C12H16ClNS/c13-6-11-7-14-12(15-11)5-10-4-8-1-2-9(10)3-8/h7-10H,1-6H2. The highest BCUT2D eigenvalue weighted by Crippen LogP contribution is 2.49. The topological polar surface area (TPSA) is 12.9 Å². The van der Waals surface area contributed by atoms with Gasteiger partial charge in [0.05, 0.1) is 10.9 Å². The molecule has 82 valence electrons. The first-order valence-electron chi connectivity index (χ1n) is 5.84. The maximum Gasteiger partial charge on any atom is 0.0930 e. The maximum atomic E-state index is 5.79. The van der Waals surface area contributed by atoms with Gasteiger partial charge in [0.15, 0.2) is 0 Å². The van der Waals surface area contributed by atoms with Gasteiger partial charge < -0.3 is 0 Å². The molecule has 1 aromatic rings. The summed E-state index contributed by atoms with van der Waals surface area (Å²) in [5, 5.41) is 1.31. The molecule has 0 aliphatic heterocycles. The summed E-state index contributed by atoms with van der Waals surface area (Å²) < 4.78 is 0. The molecule has 3 unspecified atom stereocenters. The van der Waals surface area contributed by atoms with Gasteiger partial charge in [0.25, 0.3) is 0 Å². The minimum Gasteiger partial charge on any atom is -0.249 e. The van der Waals surface area contributed by atoms with Crippen LogP contribution in [-0.2, 0) is 12.3 Å². The number of halogens is 1. The Labute approximate surface area is 99.9 Å². The van der Waals surface area contributed by atoms with Crippen molar-refractivity contribution in [3.05, 3.63) is 16.1 Å². The first-order valence-corrected chi connectivity index (χ1v) is 7.20. The van der Waals surface area contributed by atoms with Crippen LogP contribution >= 0.6 is 22.9 Å². The van der Waals surface area contributed by atoms with Crippen molar-refractivity contribution >= 4 is 22.9 Å². The molecule has 0 spiro atoms. The van der Waals surface area contributed by atoms with Crippen molar-refractivity contribution in [2.75, 3.05) is 0 Å². The maximum absolute atomic E-state index is 5.79. The zero-order valence-corrected chi connectivity index (χ0v) is 10.4. The lowest BCUT2D eigenvalue weighted by molar-refractivity contribution is 0.331. The number of fused-ring (bicyclic) bond motifs is 2. The number of hydrogen-bond donors (Lipinski definition) is 0. The van der Waals surface area contributed by atoms with Gasteiger partial charge in [-0.2, -0.15) is 0 Å². The van der Waals surface area contributed by atoms with E-state index in [1.807, 2.05) is 6.20 Å². The molecule has 0 amide bonds. The van der Waals surface area contributed by atoms with E-state index in [9.17, 15) is 0 Å². The van der Waals surface area contributed by atoms with E-state index < -0.39 is 0 Å². The van der Waals surface area contributed by atoms with Crippen molar-refractivity contribution in [2.45, 2.75) is 38.0 Å². The van der Waals surface area contributed by atoms with Crippen LogP contribution in [0.25, 0.3) is 0 Å². The molecule has 3 rings (SSSR count). The van der Waals surface area contributed by atoms with Crippen molar-refractivity contribution in [3.63, 3.8) is 0 Å². The van der Waals surface area contributed by atoms with Gasteiger partial charge in [-0.3, -0.25) is 0 Å². The lowest BCUT2D eigenvalue weighted by Gasteiger charge is -2.20. The molecule has 1 aromatic heterocycles. The summed E-state index contributed by atoms with van der Waals surface area (Å²) in [5.41, 5.74) is 0. The van der Waals surface area contributed by atoms with Gasteiger partial charge in [-0.05, 0) is 37.0 Å². The normalized spacial score (nSPS) is 33.8. The van der Waals surface area contributed by atoms with Gasteiger partial charge >= 0.3 is 0 Å². The van der Waals surface area contributed by atoms with Crippen LogP contribution in [0.1, 0.15) is 35.6 Å². The second kappa shape index (κ2) is 4.06. The average Bonchev–Trinajstić information content (AvgIpc) is 2.92. The Morgan fingerprint density at radius 3 is 2.93 bits per heavy atom. The molecule has 1 heterocycles. The Morgan fingerprint density at radius 2 is 2.33 bits per heavy atom. The summed E-state index contributed by atoms with van der Waals surface area (Å²) in [5.74, 6) is 3.61. The molecular formula is C12H16ClNS. The average molecular weight is 242 g/mol. The number of nitrogens with zero attached hydrogens (tertiary/aromatic N) is 1. The molecule has 2 aliphatic carbocycles. The Bertz CT molecular complexity index is 349. The van der Waals surface area contributed by atoms with Gasteiger partial charge in [0.2, 0.25) is 0 Å². The quantitative estimate of drug-likeness (QED) is 0.733. The van der Waals surface area contributed by atoms with Crippen LogP contribution < -0.4 is 0 Å². The van der Waals surface area contributed by atoms with Gasteiger partial charge in [0.1, 0.15) is 0 Å². The van der Waals surface area contributed by atoms with E-state index in [-0.39, 0.29) is 0 Å². The van der Waals surface area contributed by atoms with E-state index in [2.05, 4.69) is 4.98 Å². The van der Waals surface area contributed by atoms with Crippen LogP contribution in [0.15, 0.2) is 6.20 Å². The summed E-state index contributed by atoms with van der Waals surface area (Å²) in [6.07, 6.45) is 9.08. The molecule has 0 saturated heterocycles. The van der Waals surface area contributed by atoms with Crippen molar-refractivity contribution in [1.29, 1.82) is 0 Å². The number of thiazole rings is 1. The van der Waals surface area contributed by atoms with Gasteiger partial charge in [0, 0.05) is 17.5 Å². The molecule has 2 aliphatic rings. The monoisotopic (exact) mass is 241 g/mol. The second-order valence-corrected chi connectivity index (χ2v) is 6.46. The number of aromatic nitrogens is 1. The minimum absolute atomic E-state index is 0.619. The van der Waals surface area contributed by atoms with Crippen molar-refractivity contribution in [1.82, 2.24) is 4.98 Å². The molecule has 3 atom stereocenters. The molecule has 0 N–H and O–H groups in total. The number of rotatable bonds is 3. The predicted molar refractivity (Wildman–Crippen MR) is 64.3 cm³/mol. The fraction of sp³-hybridized carbons (Fsp3) is 0.750. The fourth-order valence-electron chi connectivity index (χ4n) is 3.35. The van der Waals surface area contributed by atoms with E-state index in [1.165, 1.54) is 42.0 Å². The Kier molecular flexibility index (Phi) is 2.73. The molecule has 2 fully saturated rings. The van der Waals surface area contributed by atoms with Gasteiger partial charge in [-0.1, -0.05) is 6.42 Å². The molecule has 0 radical (unpaired) electrons. The first kappa shape index (κ1) is 10.1. The summed E-state index contributed by atoms with van der Waals surface area (Å²) in [7, 11) is 0. The van der Waals surface area contributed by atoms with Crippen molar-refractivity contribution in [2.24, 2.45) is 17.8 Å². The Hall–Kier alpha value is -0.0800. The van der Waals surface area contributed by atoms with Crippen LogP contribution in [0.2, 0.25) is 0 Å². The van der Waals surface area contributed by atoms with Crippen LogP contribution in [0, 0.1) is 17.8 Å². The zero-order chi connectivity index (χ0) is 10.3. The van der Waals surface area contributed by atoms with Crippen molar-refractivity contribution in [3.8, 4) is 0 Å². The lowest BCUT2D eigenvalue weighted by atomic mass is 9.87. The second-order valence-electron chi connectivity index (χ2n) is 4.99. The molecule has 2 saturated carbocycles. The highest BCUT2D eigenvalue weighted by Gasteiger charge is 2.39. The number of alkyl halides is 1. The van der Waals surface area contributed by atoms with Crippen molar-refractivity contribution < 1.29 is 0 Å². The van der Waals surface area contributed by atoms with E-state index >= 15 is 0 Å². The summed E-state index contributed by atoms with van der Waals surface area (Å²) in [6.45, 7) is 0. The van der Waals surface area contributed by atoms with Gasteiger partial charge in [-0.25, -0.2) is 4.98 Å². The third-order valence-corrected chi connectivity index (χ3v) is 5.52. The third-order valence-electron chi connectivity index (χ3n) is 4.05. The smallest absolute Gasteiger partial charge is 0.0930 e. The van der Waals surface area contributed by atoms with E-state index in [0.717, 1.165) is 17.8 Å². The van der Waals surface area contributed by atoms with E-state index in [1.54, 1.807) is 11.3 Å². The lowest BCUT2D eigenvalue weighted by Crippen LogP contribution is -2.12. The van der Waals surface area contributed by atoms with Crippen LogP contribution in [0.5, 0.6) is 0 Å². The minimum atomic E-state index is 0.619. The largest absolute Gasteiger partial charge is 0.249 e. The van der Waals surface area contributed by atoms with Crippen LogP contribution in [-0.4, -0.2) is 4.98 Å². The molecule has 0 aromatic carbocycles. The van der Waals surface area contributed by atoms with E-state index in [0.29, 0.717) is 5.88 Å². The molecule has 2 bridgehead atoms. The Balaban J connectivity index is 1.65. The summed E-state index contributed by atoms with van der Waals surface area (Å²) in [4.78, 5) is 5.69. The summed E-state index contributed by atoms with van der Waals surface area (Å²) >= 11 is 7.59. The predicted octanol–water partition coefficient (Wildman–Crippen LogP) is 3.86. The van der Waals surface area contributed by atoms with Crippen LogP contribution in [0.4, 0.5) is 0 Å². The number of hydrogen-bond acceptors (Lipinski definition) is 2. The Morgan fingerprint density at radius 1 is 1.40 bits per heavy atom. The van der Waals surface area contributed by atoms with E-state index in [4.69, 9.17) is 11.6 Å². The molecule has 3 heteroatoms. The SMILES string of the molecule is ClCc1cnc(CC2CC3CCC2C3)s1. The van der Waals surface area contributed by atoms with Gasteiger partial charge in [-0.15, -0.1) is 22.9 Å². The molecule has 1 nitrogen and oxygen atoms in total. The molecular weight excluding hydrogens is 226 g/mol. The van der Waals surface area contributed by atoms with Crippen LogP contribution in [0.3, 0.4) is 0 Å².